The van der Waals surface area contributed by atoms with Crippen LogP contribution in [0, 0.1) is 20.8 Å². The number of benzene rings is 2. The first kappa shape index (κ1) is 16.0. The maximum absolute atomic E-state index is 12.7. The highest BCUT2D eigenvalue weighted by Crippen LogP contribution is 2.28. The zero-order chi connectivity index (χ0) is 17.1. The van der Waals surface area contributed by atoms with Gasteiger partial charge in [-0.3, -0.25) is 4.79 Å². The van der Waals surface area contributed by atoms with Crippen molar-refractivity contribution < 1.29 is 9.32 Å². The molecule has 24 heavy (non-hydrogen) atoms. The average Bonchev–Trinajstić information content (AvgIpc) is 2.95. The van der Waals surface area contributed by atoms with Crippen LogP contribution < -0.4 is 5.32 Å². The molecule has 0 saturated carbocycles. The van der Waals surface area contributed by atoms with Crippen molar-refractivity contribution in [2.45, 2.75) is 27.3 Å². The summed E-state index contributed by atoms with van der Waals surface area (Å²) in [6, 6.07) is 15.9. The van der Waals surface area contributed by atoms with Crippen LogP contribution in [0.15, 0.2) is 53.1 Å². The quantitative estimate of drug-likeness (QED) is 0.784. The van der Waals surface area contributed by atoms with Gasteiger partial charge < -0.3 is 9.84 Å². The Morgan fingerprint density at radius 1 is 1.08 bits per heavy atom. The second-order valence-corrected chi connectivity index (χ2v) is 5.96. The van der Waals surface area contributed by atoms with Gasteiger partial charge >= 0.3 is 0 Å². The van der Waals surface area contributed by atoms with E-state index < -0.39 is 0 Å². The summed E-state index contributed by atoms with van der Waals surface area (Å²) in [5.74, 6) is 0.348. The highest BCUT2D eigenvalue weighted by atomic mass is 16.5. The summed E-state index contributed by atoms with van der Waals surface area (Å²) in [6.07, 6.45) is 0. The van der Waals surface area contributed by atoms with Crippen LogP contribution in [0.3, 0.4) is 0 Å². The first-order valence-corrected chi connectivity index (χ1v) is 7.92. The summed E-state index contributed by atoms with van der Waals surface area (Å²) < 4.78 is 5.44. The molecular formula is C20H20N2O2. The van der Waals surface area contributed by atoms with Gasteiger partial charge in [0.15, 0.2) is 5.76 Å². The zero-order valence-electron chi connectivity index (χ0n) is 14.1. The smallest absolute Gasteiger partial charge is 0.257 e. The van der Waals surface area contributed by atoms with Gasteiger partial charge in [-0.2, -0.15) is 0 Å². The van der Waals surface area contributed by atoms with E-state index in [0.717, 1.165) is 16.7 Å². The van der Waals surface area contributed by atoms with Gasteiger partial charge in [-0.05, 0) is 31.9 Å². The van der Waals surface area contributed by atoms with Crippen LogP contribution in [0.4, 0.5) is 0 Å². The van der Waals surface area contributed by atoms with E-state index in [9.17, 15) is 4.79 Å². The van der Waals surface area contributed by atoms with Crippen molar-refractivity contribution in [3.8, 4) is 11.3 Å². The van der Waals surface area contributed by atoms with Crippen molar-refractivity contribution >= 4 is 5.91 Å². The number of nitrogens with one attached hydrogen (secondary N) is 1. The lowest BCUT2D eigenvalue weighted by atomic mass is 10.0. The number of aryl methyl sites for hydroxylation is 3. The molecular weight excluding hydrogens is 300 g/mol. The Morgan fingerprint density at radius 2 is 1.88 bits per heavy atom. The number of nitrogens with zero attached hydrogens (tertiary/aromatic N) is 1. The molecule has 3 aromatic rings. The number of hydrogen-bond donors (Lipinski definition) is 1. The summed E-state index contributed by atoms with van der Waals surface area (Å²) in [6.45, 7) is 6.28. The fourth-order valence-electron chi connectivity index (χ4n) is 2.74. The molecule has 2 aromatic carbocycles. The van der Waals surface area contributed by atoms with Gasteiger partial charge in [0.25, 0.3) is 5.91 Å². The van der Waals surface area contributed by atoms with Gasteiger partial charge in [0, 0.05) is 12.1 Å². The Bertz CT molecular complexity index is 881. The Balaban J connectivity index is 1.85. The maximum atomic E-state index is 12.7. The van der Waals surface area contributed by atoms with Crippen LogP contribution in [0.1, 0.15) is 32.7 Å². The van der Waals surface area contributed by atoms with Gasteiger partial charge in [0.2, 0.25) is 0 Å². The van der Waals surface area contributed by atoms with Gasteiger partial charge in [0.1, 0.15) is 5.56 Å². The average molecular weight is 320 g/mol. The molecule has 1 N–H and O–H groups in total. The Morgan fingerprint density at radius 3 is 2.62 bits per heavy atom. The topological polar surface area (TPSA) is 55.1 Å². The molecule has 0 aliphatic rings. The number of carbonyl (C=O) groups excluding carboxylic acids is 1. The van der Waals surface area contributed by atoms with Crippen molar-refractivity contribution in [3.63, 3.8) is 0 Å². The van der Waals surface area contributed by atoms with E-state index in [1.165, 1.54) is 5.56 Å². The lowest BCUT2D eigenvalue weighted by molar-refractivity contribution is 0.0950. The van der Waals surface area contributed by atoms with Crippen LogP contribution in [0.25, 0.3) is 11.3 Å². The lowest BCUT2D eigenvalue weighted by Gasteiger charge is -2.08. The Hall–Kier alpha value is -2.88. The summed E-state index contributed by atoms with van der Waals surface area (Å²) in [7, 11) is 0. The molecule has 4 nitrogen and oxygen atoms in total. The zero-order valence-corrected chi connectivity index (χ0v) is 14.1. The van der Waals surface area contributed by atoms with E-state index in [0.29, 0.717) is 23.6 Å². The van der Waals surface area contributed by atoms with Crippen molar-refractivity contribution in [1.29, 1.82) is 0 Å². The molecule has 0 aliphatic heterocycles. The van der Waals surface area contributed by atoms with E-state index in [-0.39, 0.29) is 5.91 Å². The lowest BCUT2D eigenvalue weighted by Crippen LogP contribution is -2.23. The molecule has 1 heterocycles. The van der Waals surface area contributed by atoms with Gasteiger partial charge in [-0.25, -0.2) is 0 Å². The second kappa shape index (κ2) is 6.71. The van der Waals surface area contributed by atoms with Crippen LogP contribution in [0.2, 0.25) is 0 Å². The van der Waals surface area contributed by atoms with Crippen molar-refractivity contribution in [3.05, 3.63) is 76.5 Å². The number of aromatic nitrogens is 1. The molecule has 0 unspecified atom stereocenters. The minimum Gasteiger partial charge on any atom is -0.355 e. The number of amides is 1. The molecule has 0 radical (unpaired) electrons. The van der Waals surface area contributed by atoms with Crippen LogP contribution >= 0.6 is 0 Å². The molecule has 0 aliphatic carbocycles. The molecule has 0 saturated heterocycles. The Kier molecular flexibility index (Phi) is 4.47. The molecule has 4 heteroatoms. The summed E-state index contributed by atoms with van der Waals surface area (Å²) in [5.41, 5.74) is 5.26. The summed E-state index contributed by atoms with van der Waals surface area (Å²) in [5, 5.41) is 6.95. The predicted molar refractivity (Wildman–Crippen MR) is 93.8 cm³/mol. The van der Waals surface area contributed by atoms with Crippen molar-refractivity contribution in [1.82, 2.24) is 10.5 Å². The SMILES string of the molecule is Cc1cccc(CNC(=O)c2c(C)noc2-c2ccccc2C)c1. The molecule has 1 aromatic heterocycles. The number of carbonyl (C=O) groups is 1. The highest BCUT2D eigenvalue weighted by molar-refractivity contribution is 6.00. The third-order valence-corrected chi connectivity index (χ3v) is 4.02. The number of hydrogen-bond acceptors (Lipinski definition) is 3. The van der Waals surface area contributed by atoms with E-state index in [1.54, 1.807) is 6.92 Å². The Labute approximate surface area is 141 Å². The summed E-state index contributed by atoms with van der Waals surface area (Å²) >= 11 is 0. The standard InChI is InChI=1S/C20H20N2O2/c1-13-7-6-9-16(11-13)12-21-20(23)18-15(3)22-24-19(18)17-10-5-4-8-14(17)2/h4-11H,12H2,1-3H3,(H,21,23). The van der Waals surface area contributed by atoms with Crippen molar-refractivity contribution in [2.24, 2.45) is 0 Å². The predicted octanol–water partition coefficient (Wildman–Crippen LogP) is 4.20. The largest absolute Gasteiger partial charge is 0.355 e. The normalized spacial score (nSPS) is 10.6. The molecule has 1 amide bonds. The third kappa shape index (κ3) is 3.23. The molecule has 0 atom stereocenters. The van der Waals surface area contributed by atoms with E-state index in [4.69, 9.17) is 4.52 Å². The van der Waals surface area contributed by atoms with Crippen LogP contribution in [-0.4, -0.2) is 11.1 Å². The second-order valence-electron chi connectivity index (χ2n) is 5.96. The van der Waals surface area contributed by atoms with E-state index in [2.05, 4.69) is 16.5 Å². The first-order chi connectivity index (χ1) is 11.6. The number of rotatable bonds is 4. The monoisotopic (exact) mass is 320 g/mol. The van der Waals surface area contributed by atoms with Crippen LogP contribution in [-0.2, 0) is 6.54 Å². The highest BCUT2D eigenvalue weighted by Gasteiger charge is 2.22. The van der Waals surface area contributed by atoms with Crippen molar-refractivity contribution in [2.75, 3.05) is 0 Å². The van der Waals surface area contributed by atoms with Gasteiger partial charge in [0.05, 0.1) is 5.69 Å². The third-order valence-electron chi connectivity index (χ3n) is 4.02. The first-order valence-electron chi connectivity index (χ1n) is 7.92. The molecule has 122 valence electrons. The van der Waals surface area contributed by atoms with Crippen LogP contribution in [0.5, 0.6) is 0 Å². The maximum Gasteiger partial charge on any atom is 0.257 e. The fraction of sp³-hybridized carbons (Fsp3) is 0.200. The van der Waals surface area contributed by atoms with Gasteiger partial charge in [-0.15, -0.1) is 0 Å². The molecule has 3 rings (SSSR count). The molecule has 0 spiro atoms. The minimum atomic E-state index is -0.173. The minimum absolute atomic E-state index is 0.173. The van der Waals surface area contributed by atoms with Gasteiger partial charge in [-0.1, -0.05) is 59.3 Å². The molecule has 0 bridgehead atoms. The summed E-state index contributed by atoms with van der Waals surface area (Å²) in [4.78, 5) is 12.7. The fourth-order valence-corrected chi connectivity index (χ4v) is 2.74. The van der Waals surface area contributed by atoms with E-state index in [1.807, 2.05) is 56.3 Å². The molecule has 0 fully saturated rings. The van der Waals surface area contributed by atoms with E-state index >= 15 is 0 Å².